The first kappa shape index (κ1) is 20.7. The van der Waals surface area contributed by atoms with E-state index in [0.717, 1.165) is 16.9 Å². The molecule has 0 aliphatic heterocycles. The Hall–Kier alpha value is -3.07. The van der Waals surface area contributed by atoms with E-state index >= 15 is 0 Å². The maximum absolute atomic E-state index is 13.0. The molecule has 152 valence electrons. The first-order valence-electron chi connectivity index (χ1n) is 9.02. The van der Waals surface area contributed by atoms with Crippen molar-refractivity contribution in [2.45, 2.75) is 33.4 Å². The molecule has 3 rings (SSSR count). The zero-order chi connectivity index (χ0) is 21.1. The average molecular weight is 417 g/mol. The van der Waals surface area contributed by atoms with Crippen LogP contribution in [0.3, 0.4) is 0 Å². The highest BCUT2D eigenvalue weighted by Crippen LogP contribution is 2.27. The zero-order valence-corrected chi connectivity index (χ0v) is 17.0. The monoisotopic (exact) mass is 417 g/mol. The molecule has 29 heavy (non-hydrogen) atoms. The molecule has 2 aromatic heterocycles. The lowest BCUT2D eigenvalue weighted by atomic mass is 10.1. The summed E-state index contributed by atoms with van der Waals surface area (Å²) in [5.74, 6) is -1.24. The third kappa shape index (κ3) is 4.34. The van der Waals surface area contributed by atoms with Gasteiger partial charge in [-0.15, -0.1) is 11.3 Å². The molecule has 2 heterocycles. The smallest absolute Gasteiger partial charge is 0.348 e. The molecule has 1 unspecified atom stereocenters. The van der Waals surface area contributed by atoms with Crippen molar-refractivity contribution < 1.29 is 18.7 Å². The number of rotatable bonds is 6. The second-order valence-corrected chi connectivity index (χ2v) is 7.47. The molecule has 9 heteroatoms. The molecule has 0 radical (unpaired) electrons. The van der Waals surface area contributed by atoms with E-state index in [1.54, 1.807) is 32.9 Å². The van der Waals surface area contributed by atoms with Crippen molar-refractivity contribution in [2.24, 2.45) is 0 Å². The maximum atomic E-state index is 13.0. The predicted molar refractivity (Wildman–Crippen MR) is 108 cm³/mol. The number of nitrogens with zero attached hydrogens (tertiary/aromatic N) is 2. The van der Waals surface area contributed by atoms with Gasteiger partial charge in [0.15, 0.2) is 0 Å². The van der Waals surface area contributed by atoms with Gasteiger partial charge in [-0.25, -0.2) is 14.2 Å². The summed E-state index contributed by atoms with van der Waals surface area (Å²) < 4.78 is 19.3. The Morgan fingerprint density at radius 1 is 1.31 bits per heavy atom. The number of carbonyl (C=O) groups is 2. The summed E-state index contributed by atoms with van der Waals surface area (Å²) in [5, 5.41) is 3.08. The summed E-state index contributed by atoms with van der Waals surface area (Å²) in [5.41, 5.74) is 0.840. The van der Waals surface area contributed by atoms with Crippen molar-refractivity contribution in [3.8, 4) is 0 Å². The summed E-state index contributed by atoms with van der Waals surface area (Å²) in [6.07, 6.45) is 1.29. The number of hydrogen-bond acceptors (Lipinski definition) is 6. The predicted octanol–water partition coefficient (Wildman–Crippen LogP) is 2.96. The van der Waals surface area contributed by atoms with Gasteiger partial charge in [-0.05, 0) is 44.0 Å². The van der Waals surface area contributed by atoms with E-state index in [9.17, 15) is 18.8 Å². The van der Waals surface area contributed by atoms with E-state index in [1.807, 2.05) is 0 Å². The molecule has 0 aliphatic rings. The number of halogens is 1. The van der Waals surface area contributed by atoms with Crippen LogP contribution in [0.15, 0.2) is 35.4 Å². The lowest BCUT2D eigenvalue weighted by Crippen LogP contribution is -2.34. The maximum Gasteiger partial charge on any atom is 0.348 e. The van der Waals surface area contributed by atoms with E-state index in [2.05, 4.69) is 10.3 Å². The standard InChI is InChI=1S/C20H20FN3O4S/c1-4-28-20(27)17-11(2)16-18(29-17)22-10-24(19(16)26)9-15(25)23-12(3)13-5-7-14(21)8-6-13/h5-8,10,12H,4,9H2,1-3H3,(H,23,25). The molecule has 7 nitrogen and oxygen atoms in total. The van der Waals surface area contributed by atoms with Crippen LogP contribution >= 0.6 is 11.3 Å². The number of aromatic nitrogens is 2. The quantitative estimate of drug-likeness (QED) is 0.623. The van der Waals surface area contributed by atoms with E-state index in [4.69, 9.17) is 4.74 Å². The van der Waals surface area contributed by atoms with Gasteiger partial charge < -0.3 is 10.1 Å². The largest absolute Gasteiger partial charge is 0.462 e. The third-order valence-electron chi connectivity index (χ3n) is 4.44. The summed E-state index contributed by atoms with van der Waals surface area (Å²) in [6, 6.07) is 5.47. The first-order valence-corrected chi connectivity index (χ1v) is 9.84. The molecule has 1 N–H and O–H groups in total. The number of thiophene rings is 1. The molecule has 0 saturated carbocycles. The van der Waals surface area contributed by atoms with Crippen LogP contribution in [0.1, 0.15) is 40.7 Å². The number of fused-ring (bicyclic) bond motifs is 1. The van der Waals surface area contributed by atoms with Gasteiger partial charge in [-0.3, -0.25) is 14.2 Å². The number of hydrogen-bond donors (Lipinski definition) is 1. The fourth-order valence-corrected chi connectivity index (χ4v) is 3.97. The summed E-state index contributed by atoms with van der Waals surface area (Å²) in [6.45, 7) is 5.14. The van der Waals surface area contributed by atoms with Crippen molar-refractivity contribution in [1.29, 1.82) is 0 Å². The highest BCUT2D eigenvalue weighted by molar-refractivity contribution is 7.20. The number of ether oxygens (including phenoxy) is 1. The number of carbonyl (C=O) groups excluding carboxylic acids is 2. The molecule has 0 aliphatic carbocycles. The van der Waals surface area contributed by atoms with Crippen molar-refractivity contribution in [1.82, 2.24) is 14.9 Å². The van der Waals surface area contributed by atoms with Gasteiger partial charge in [0.1, 0.15) is 22.1 Å². The Bertz CT molecular complexity index is 1120. The molecule has 0 fully saturated rings. The van der Waals surface area contributed by atoms with Gasteiger partial charge in [0.25, 0.3) is 5.56 Å². The molecule has 0 spiro atoms. The molecular weight excluding hydrogens is 397 g/mol. The minimum Gasteiger partial charge on any atom is -0.462 e. The summed E-state index contributed by atoms with van der Waals surface area (Å²) in [7, 11) is 0. The van der Waals surface area contributed by atoms with Crippen LogP contribution in [0.2, 0.25) is 0 Å². The van der Waals surface area contributed by atoms with Crippen LogP contribution in [0, 0.1) is 12.7 Å². The number of esters is 1. The van der Waals surface area contributed by atoms with Gasteiger partial charge >= 0.3 is 5.97 Å². The number of aryl methyl sites for hydroxylation is 1. The van der Waals surface area contributed by atoms with Crippen LogP contribution in [-0.4, -0.2) is 28.0 Å². The zero-order valence-electron chi connectivity index (χ0n) is 16.2. The average Bonchev–Trinajstić information content (AvgIpc) is 3.02. The van der Waals surface area contributed by atoms with Crippen molar-refractivity contribution in [3.05, 3.63) is 62.8 Å². The van der Waals surface area contributed by atoms with Crippen LogP contribution in [0.25, 0.3) is 10.2 Å². The first-order chi connectivity index (χ1) is 13.8. The van der Waals surface area contributed by atoms with E-state index in [1.165, 1.54) is 23.0 Å². The van der Waals surface area contributed by atoms with E-state index < -0.39 is 11.5 Å². The van der Waals surface area contributed by atoms with Gasteiger partial charge in [-0.2, -0.15) is 0 Å². The van der Waals surface area contributed by atoms with Crippen molar-refractivity contribution in [2.75, 3.05) is 6.61 Å². The molecule has 3 aromatic rings. The number of benzene rings is 1. The van der Waals surface area contributed by atoms with Gasteiger partial charge in [0, 0.05) is 0 Å². The summed E-state index contributed by atoms with van der Waals surface area (Å²) >= 11 is 1.09. The molecule has 0 saturated heterocycles. The molecule has 1 aromatic carbocycles. The van der Waals surface area contributed by atoms with Crippen molar-refractivity contribution in [3.63, 3.8) is 0 Å². The van der Waals surface area contributed by atoms with Crippen LogP contribution in [0.4, 0.5) is 4.39 Å². The third-order valence-corrected chi connectivity index (χ3v) is 5.62. The Labute approximate surface area is 170 Å². The molecule has 1 atom stereocenters. The summed E-state index contributed by atoms with van der Waals surface area (Å²) in [4.78, 5) is 42.2. The van der Waals surface area contributed by atoms with Gasteiger partial charge in [-0.1, -0.05) is 12.1 Å². The highest BCUT2D eigenvalue weighted by atomic mass is 32.1. The Morgan fingerprint density at radius 3 is 2.66 bits per heavy atom. The Morgan fingerprint density at radius 2 is 2.00 bits per heavy atom. The topological polar surface area (TPSA) is 90.3 Å². The fraction of sp³-hybridized carbons (Fsp3) is 0.300. The minimum atomic E-state index is -0.496. The fourth-order valence-electron chi connectivity index (χ4n) is 2.94. The second kappa shape index (κ2) is 8.52. The van der Waals surface area contributed by atoms with E-state index in [0.29, 0.717) is 20.7 Å². The van der Waals surface area contributed by atoms with Gasteiger partial charge in [0.2, 0.25) is 5.91 Å². The SMILES string of the molecule is CCOC(=O)c1sc2ncn(CC(=O)NC(C)c3ccc(F)cc3)c(=O)c2c1C. The Balaban J connectivity index is 1.81. The number of nitrogens with one attached hydrogen (secondary N) is 1. The highest BCUT2D eigenvalue weighted by Gasteiger charge is 2.21. The molecule has 0 bridgehead atoms. The lowest BCUT2D eigenvalue weighted by molar-refractivity contribution is -0.122. The normalized spacial score (nSPS) is 12.0. The van der Waals surface area contributed by atoms with Crippen LogP contribution < -0.4 is 10.9 Å². The second-order valence-electron chi connectivity index (χ2n) is 6.48. The number of amides is 1. The van der Waals surface area contributed by atoms with Crippen LogP contribution in [0.5, 0.6) is 0 Å². The van der Waals surface area contributed by atoms with Gasteiger partial charge in [0.05, 0.1) is 24.4 Å². The lowest BCUT2D eigenvalue weighted by Gasteiger charge is -2.15. The minimum absolute atomic E-state index is 0.225. The van der Waals surface area contributed by atoms with Crippen molar-refractivity contribution >= 4 is 33.4 Å². The molecular formula is C20H20FN3O4S. The van der Waals surface area contributed by atoms with E-state index in [-0.39, 0.29) is 30.9 Å². The molecule has 1 amide bonds. The Kier molecular flexibility index (Phi) is 6.07. The van der Waals surface area contributed by atoms with Crippen LogP contribution in [-0.2, 0) is 16.1 Å².